The van der Waals surface area contributed by atoms with Gasteiger partial charge in [0.1, 0.15) is 12.1 Å². The SMILES string of the molecule is COc1ccccc1C1CC(=O)c2cnc3ncnn3c2C1. The number of hydrogen-bond acceptors (Lipinski definition) is 5. The fourth-order valence-corrected chi connectivity index (χ4v) is 3.12. The number of rotatable bonds is 2. The van der Waals surface area contributed by atoms with Gasteiger partial charge in [0.15, 0.2) is 5.78 Å². The van der Waals surface area contributed by atoms with Crippen LogP contribution in [-0.2, 0) is 6.42 Å². The van der Waals surface area contributed by atoms with Gasteiger partial charge in [-0.3, -0.25) is 4.79 Å². The summed E-state index contributed by atoms with van der Waals surface area (Å²) >= 11 is 0. The highest BCUT2D eigenvalue weighted by Gasteiger charge is 2.30. The third kappa shape index (κ3) is 1.88. The first-order chi connectivity index (χ1) is 10.8. The lowest BCUT2D eigenvalue weighted by atomic mass is 9.82. The number of para-hydroxylation sites is 1. The molecule has 4 rings (SSSR count). The van der Waals surface area contributed by atoms with E-state index in [4.69, 9.17) is 4.74 Å². The van der Waals surface area contributed by atoms with Gasteiger partial charge in [-0.1, -0.05) is 18.2 Å². The minimum Gasteiger partial charge on any atom is -0.496 e. The van der Waals surface area contributed by atoms with Crippen LogP contribution < -0.4 is 4.74 Å². The topological polar surface area (TPSA) is 69.4 Å². The van der Waals surface area contributed by atoms with Crippen LogP contribution in [0.3, 0.4) is 0 Å². The molecule has 1 aromatic carbocycles. The van der Waals surface area contributed by atoms with Gasteiger partial charge in [-0.25, -0.2) is 9.50 Å². The highest BCUT2D eigenvalue weighted by Crippen LogP contribution is 2.36. The molecule has 6 nitrogen and oxygen atoms in total. The first kappa shape index (κ1) is 12.9. The van der Waals surface area contributed by atoms with E-state index in [-0.39, 0.29) is 11.7 Å². The zero-order chi connectivity index (χ0) is 15.1. The second-order valence-corrected chi connectivity index (χ2v) is 5.36. The van der Waals surface area contributed by atoms with E-state index in [1.165, 1.54) is 6.33 Å². The monoisotopic (exact) mass is 294 g/mol. The number of benzene rings is 1. The molecule has 0 amide bonds. The van der Waals surface area contributed by atoms with E-state index in [0.29, 0.717) is 24.2 Å². The summed E-state index contributed by atoms with van der Waals surface area (Å²) in [6.45, 7) is 0. The molecule has 0 saturated carbocycles. The van der Waals surface area contributed by atoms with Crippen molar-refractivity contribution in [2.45, 2.75) is 18.8 Å². The van der Waals surface area contributed by atoms with Gasteiger partial charge in [0, 0.05) is 18.5 Å². The lowest BCUT2D eigenvalue weighted by molar-refractivity contribution is 0.0961. The van der Waals surface area contributed by atoms with Crippen molar-refractivity contribution in [2.75, 3.05) is 7.11 Å². The molecule has 0 spiro atoms. The second kappa shape index (κ2) is 4.91. The Hall–Kier alpha value is -2.76. The normalized spacial score (nSPS) is 17.5. The summed E-state index contributed by atoms with van der Waals surface area (Å²) in [4.78, 5) is 20.8. The van der Waals surface area contributed by atoms with E-state index in [9.17, 15) is 4.79 Å². The summed E-state index contributed by atoms with van der Waals surface area (Å²) in [5.74, 6) is 1.49. The molecule has 1 unspecified atom stereocenters. The van der Waals surface area contributed by atoms with E-state index in [1.807, 2.05) is 24.3 Å². The molecule has 110 valence electrons. The predicted octanol–water partition coefficient (Wildman–Crippen LogP) is 2.05. The van der Waals surface area contributed by atoms with Crippen LogP contribution in [0, 0.1) is 0 Å². The number of carbonyl (C=O) groups excluding carboxylic acids is 1. The van der Waals surface area contributed by atoms with Crippen LogP contribution in [0.4, 0.5) is 0 Å². The van der Waals surface area contributed by atoms with Crippen molar-refractivity contribution in [1.29, 1.82) is 0 Å². The van der Waals surface area contributed by atoms with Crippen LogP contribution in [0.2, 0.25) is 0 Å². The molecule has 3 aromatic rings. The van der Waals surface area contributed by atoms with Gasteiger partial charge in [-0.15, -0.1) is 0 Å². The van der Waals surface area contributed by atoms with E-state index >= 15 is 0 Å². The molecule has 0 radical (unpaired) electrons. The van der Waals surface area contributed by atoms with Gasteiger partial charge in [0.05, 0.1) is 18.4 Å². The Morgan fingerprint density at radius 2 is 2.09 bits per heavy atom. The van der Waals surface area contributed by atoms with Gasteiger partial charge in [-0.05, 0) is 18.1 Å². The fraction of sp³-hybridized carbons (Fsp3) is 0.250. The van der Waals surface area contributed by atoms with Crippen LogP contribution in [0.1, 0.15) is 34.0 Å². The molecule has 1 atom stereocenters. The maximum Gasteiger partial charge on any atom is 0.252 e. The van der Waals surface area contributed by atoms with Crippen molar-refractivity contribution in [1.82, 2.24) is 19.6 Å². The summed E-state index contributed by atoms with van der Waals surface area (Å²) in [5.41, 5.74) is 2.56. The number of fused-ring (bicyclic) bond motifs is 3. The summed E-state index contributed by atoms with van der Waals surface area (Å²) < 4.78 is 7.10. The molecule has 2 heterocycles. The standard InChI is InChI=1S/C16H14N4O2/c1-22-15-5-3-2-4-11(15)10-6-13-12(14(21)7-10)8-17-16-18-9-19-20(13)16/h2-5,8-10H,6-7H2,1H3. The number of nitrogens with zero attached hydrogens (tertiary/aromatic N) is 4. The van der Waals surface area contributed by atoms with E-state index in [1.54, 1.807) is 17.8 Å². The van der Waals surface area contributed by atoms with Crippen molar-refractivity contribution in [3.8, 4) is 5.75 Å². The first-order valence-electron chi connectivity index (χ1n) is 7.11. The maximum absolute atomic E-state index is 12.5. The lowest BCUT2D eigenvalue weighted by Gasteiger charge is -2.25. The maximum atomic E-state index is 12.5. The zero-order valence-electron chi connectivity index (χ0n) is 12.1. The van der Waals surface area contributed by atoms with Crippen LogP contribution in [-0.4, -0.2) is 32.5 Å². The Morgan fingerprint density at radius 3 is 2.95 bits per heavy atom. The second-order valence-electron chi connectivity index (χ2n) is 5.36. The van der Waals surface area contributed by atoms with Crippen molar-refractivity contribution in [2.24, 2.45) is 0 Å². The molecule has 0 N–H and O–H groups in total. The number of Topliss-reactive ketones (excluding diaryl/α,β-unsaturated/α-hetero) is 1. The van der Waals surface area contributed by atoms with Gasteiger partial charge in [0.2, 0.25) is 0 Å². The van der Waals surface area contributed by atoms with Crippen molar-refractivity contribution in [3.05, 3.63) is 53.6 Å². The fourth-order valence-electron chi connectivity index (χ4n) is 3.12. The summed E-state index contributed by atoms with van der Waals surface area (Å²) in [6.07, 6.45) is 4.24. The molecule has 2 aromatic heterocycles. The first-order valence-corrected chi connectivity index (χ1v) is 7.11. The number of hydrogen-bond donors (Lipinski definition) is 0. The molecular weight excluding hydrogens is 280 g/mol. The molecule has 22 heavy (non-hydrogen) atoms. The molecular formula is C16H14N4O2. The number of aromatic nitrogens is 4. The number of ether oxygens (including phenoxy) is 1. The summed E-state index contributed by atoms with van der Waals surface area (Å²) in [6, 6.07) is 7.84. The molecule has 1 aliphatic rings. The third-order valence-electron chi connectivity index (χ3n) is 4.16. The van der Waals surface area contributed by atoms with Crippen molar-refractivity contribution < 1.29 is 9.53 Å². The van der Waals surface area contributed by atoms with Crippen LogP contribution >= 0.6 is 0 Å². The molecule has 1 aliphatic carbocycles. The molecule has 0 saturated heterocycles. The Morgan fingerprint density at radius 1 is 1.23 bits per heavy atom. The summed E-state index contributed by atoms with van der Waals surface area (Å²) in [7, 11) is 1.65. The average Bonchev–Trinajstić information content (AvgIpc) is 3.03. The highest BCUT2D eigenvalue weighted by molar-refractivity contribution is 5.98. The van der Waals surface area contributed by atoms with Crippen molar-refractivity contribution in [3.63, 3.8) is 0 Å². The smallest absolute Gasteiger partial charge is 0.252 e. The minimum absolute atomic E-state index is 0.0750. The molecule has 6 heteroatoms. The minimum atomic E-state index is 0.0750. The Balaban J connectivity index is 1.84. The third-order valence-corrected chi connectivity index (χ3v) is 4.16. The van der Waals surface area contributed by atoms with Gasteiger partial charge in [-0.2, -0.15) is 10.1 Å². The number of carbonyl (C=O) groups is 1. The van der Waals surface area contributed by atoms with Gasteiger partial charge in [0.25, 0.3) is 5.78 Å². The molecule has 0 aliphatic heterocycles. The molecule has 0 bridgehead atoms. The van der Waals surface area contributed by atoms with Crippen LogP contribution in [0.5, 0.6) is 5.75 Å². The van der Waals surface area contributed by atoms with E-state index < -0.39 is 0 Å². The highest BCUT2D eigenvalue weighted by atomic mass is 16.5. The zero-order valence-corrected chi connectivity index (χ0v) is 12.1. The largest absolute Gasteiger partial charge is 0.496 e. The summed E-state index contributed by atoms with van der Waals surface area (Å²) in [5, 5.41) is 4.20. The lowest BCUT2D eigenvalue weighted by Crippen LogP contribution is -2.22. The molecule has 0 fully saturated rings. The van der Waals surface area contributed by atoms with Gasteiger partial charge < -0.3 is 4.74 Å². The number of methoxy groups -OCH3 is 1. The Bertz CT molecular complexity index is 871. The van der Waals surface area contributed by atoms with E-state index in [0.717, 1.165) is 17.0 Å². The average molecular weight is 294 g/mol. The van der Waals surface area contributed by atoms with Crippen LogP contribution in [0.15, 0.2) is 36.8 Å². The predicted molar refractivity (Wildman–Crippen MR) is 79.2 cm³/mol. The van der Waals surface area contributed by atoms with E-state index in [2.05, 4.69) is 15.1 Å². The Kier molecular flexibility index (Phi) is 2.89. The van der Waals surface area contributed by atoms with Gasteiger partial charge >= 0.3 is 0 Å². The van der Waals surface area contributed by atoms with Crippen molar-refractivity contribution >= 4 is 11.6 Å². The quantitative estimate of drug-likeness (QED) is 0.723. The van der Waals surface area contributed by atoms with Crippen LogP contribution in [0.25, 0.3) is 5.78 Å². The Labute approximate surface area is 126 Å². The number of ketones is 1.